The van der Waals surface area contributed by atoms with Crippen molar-refractivity contribution in [1.29, 1.82) is 0 Å². The molecular weight excluding hydrogens is 264 g/mol. The van der Waals surface area contributed by atoms with Crippen LogP contribution >= 0.6 is 0 Å². The number of anilines is 1. The lowest BCUT2D eigenvalue weighted by Gasteiger charge is -2.33. The Hall–Kier alpha value is -1.97. The number of phenolic OH excluding ortho intramolecular Hbond substituents is 1. The van der Waals surface area contributed by atoms with Crippen LogP contribution in [0.5, 0.6) is 5.75 Å². The van der Waals surface area contributed by atoms with Gasteiger partial charge in [0.1, 0.15) is 5.75 Å². The molecule has 0 saturated carbocycles. The minimum Gasteiger partial charge on any atom is -0.507 e. The van der Waals surface area contributed by atoms with Crippen molar-refractivity contribution < 1.29 is 9.63 Å². The summed E-state index contributed by atoms with van der Waals surface area (Å²) in [7, 11) is 0. The topological polar surface area (TPSA) is 72.3 Å². The molecule has 0 fully saturated rings. The van der Waals surface area contributed by atoms with Crippen molar-refractivity contribution in [2.24, 2.45) is 5.41 Å². The van der Waals surface area contributed by atoms with Crippen molar-refractivity contribution in [3.05, 3.63) is 30.0 Å². The molecule has 2 aromatic rings. The van der Waals surface area contributed by atoms with Gasteiger partial charge in [-0.25, -0.2) is 0 Å². The number of aromatic nitrogens is 1. The molecule has 1 aromatic carbocycles. The molecule has 4 heteroatoms. The van der Waals surface area contributed by atoms with Crippen molar-refractivity contribution >= 4 is 5.88 Å². The lowest BCUT2D eigenvalue weighted by atomic mass is 9.72. The Balaban J connectivity index is 2.46. The maximum atomic E-state index is 10.1. The predicted molar refractivity (Wildman–Crippen MR) is 85.1 cm³/mol. The van der Waals surface area contributed by atoms with E-state index >= 15 is 0 Å². The van der Waals surface area contributed by atoms with Gasteiger partial charge in [-0.05, 0) is 34.9 Å². The smallest absolute Gasteiger partial charge is 0.230 e. The summed E-state index contributed by atoms with van der Waals surface area (Å²) in [5, 5.41) is 13.8. The van der Waals surface area contributed by atoms with Gasteiger partial charge in [0.15, 0.2) is 0 Å². The highest BCUT2D eigenvalue weighted by Crippen LogP contribution is 2.40. The predicted octanol–water partition coefficient (Wildman–Crippen LogP) is 4.34. The number of rotatable bonds is 3. The van der Waals surface area contributed by atoms with Gasteiger partial charge in [-0.3, -0.25) is 0 Å². The molecule has 2 rings (SSSR count). The first-order chi connectivity index (χ1) is 9.60. The Bertz CT molecular complexity index is 636. The molecule has 0 atom stereocenters. The zero-order valence-electron chi connectivity index (χ0n) is 13.4. The van der Waals surface area contributed by atoms with Crippen LogP contribution in [0, 0.1) is 5.41 Å². The molecule has 3 N–H and O–H groups in total. The van der Waals surface area contributed by atoms with Crippen LogP contribution in [-0.2, 0) is 5.41 Å². The summed E-state index contributed by atoms with van der Waals surface area (Å²) < 4.78 is 4.90. The molecular formula is C17H24N2O2. The molecule has 0 spiro atoms. The highest BCUT2D eigenvalue weighted by Gasteiger charge is 2.28. The average molecular weight is 288 g/mol. The second-order valence-corrected chi connectivity index (χ2v) is 7.46. The van der Waals surface area contributed by atoms with Crippen molar-refractivity contribution in [2.75, 3.05) is 5.73 Å². The van der Waals surface area contributed by atoms with Crippen LogP contribution in [0.4, 0.5) is 5.88 Å². The SMILES string of the molecule is CC(C)(C)CC(C)(C)c1ccc(O)c(-c2cnoc2N)c1. The quantitative estimate of drug-likeness (QED) is 0.881. The van der Waals surface area contributed by atoms with Crippen molar-refractivity contribution in [1.82, 2.24) is 5.16 Å². The number of hydrogen-bond acceptors (Lipinski definition) is 4. The fourth-order valence-corrected chi connectivity index (χ4v) is 3.05. The first kappa shape index (κ1) is 15.4. The third-order valence-corrected chi connectivity index (χ3v) is 3.64. The van der Waals surface area contributed by atoms with Crippen molar-refractivity contribution in [3.8, 4) is 16.9 Å². The summed E-state index contributed by atoms with van der Waals surface area (Å²) in [6.45, 7) is 11.1. The van der Waals surface area contributed by atoms with Gasteiger partial charge >= 0.3 is 0 Å². The first-order valence-corrected chi connectivity index (χ1v) is 7.14. The van der Waals surface area contributed by atoms with Gasteiger partial charge in [-0.1, -0.05) is 45.8 Å². The summed E-state index contributed by atoms with van der Waals surface area (Å²) in [5.74, 6) is 0.399. The van der Waals surface area contributed by atoms with Gasteiger partial charge in [0.05, 0.1) is 11.8 Å². The summed E-state index contributed by atoms with van der Waals surface area (Å²) in [5.41, 5.74) is 8.42. The Morgan fingerprint density at radius 2 is 1.81 bits per heavy atom. The van der Waals surface area contributed by atoms with Gasteiger partial charge < -0.3 is 15.4 Å². The normalized spacial score (nSPS) is 12.6. The minimum absolute atomic E-state index is 0.00732. The number of phenols is 1. The van der Waals surface area contributed by atoms with Crippen molar-refractivity contribution in [3.63, 3.8) is 0 Å². The van der Waals surface area contributed by atoms with Gasteiger partial charge in [0.2, 0.25) is 5.88 Å². The number of nitrogens with two attached hydrogens (primary N) is 1. The second-order valence-electron chi connectivity index (χ2n) is 7.46. The molecule has 1 aromatic heterocycles. The average Bonchev–Trinajstić information content (AvgIpc) is 2.72. The van der Waals surface area contributed by atoms with E-state index in [2.05, 4.69) is 39.8 Å². The Morgan fingerprint density at radius 1 is 1.14 bits per heavy atom. The van der Waals surface area contributed by atoms with E-state index in [0.717, 1.165) is 12.0 Å². The molecule has 0 aliphatic heterocycles. The lowest BCUT2D eigenvalue weighted by molar-refractivity contribution is 0.284. The highest BCUT2D eigenvalue weighted by molar-refractivity contribution is 5.77. The van der Waals surface area contributed by atoms with E-state index in [0.29, 0.717) is 11.1 Å². The lowest BCUT2D eigenvalue weighted by Crippen LogP contribution is -2.24. The third-order valence-electron chi connectivity index (χ3n) is 3.64. The van der Waals surface area contributed by atoms with Crippen LogP contribution in [0.25, 0.3) is 11.1 Å². The maximum absolute atomic E-state index is 10.1. The third kappa shape index (κ3) is 3.38. The summed E-state index contributed by atoms with van der Waals surface area (Å²) in [4.78, 5) is 0. The molecule has 21 heavy (non-hydrogen) atoms. The van der Waals surface area contributed by atoms with Gasteiger partial charge in [0.25, 0.3) is 0 Å². The zero-order valence-corrected chi connectivity index (χ0v) is 13.4. The summed E-state index contributed by atoms with van der Waals surface area (Å²) >= 11 is 0. The van der Waals surface area contributed by atoms with E-state index in [9.17, 15) is 5.11 Å². The number of hydrogen-bond donors (Lipinski definition) is 2. The van der Waals surface area contributed by atoms with E-state index in [1.807, 2.05) is 12.1 Å². The molecule has 0 aliphatic rings. The fourth-order valence-electron chi connectivity index (χ4n) is 3.05. The van der Waals surface area contributed by atoms with E-state index in [1.165, 1.54) is 6.20 Å². The van der Waals surface area contributed by atoms with Crippen LogP contribution in [0.15, 0.2) is 28.9 Å². The summed E-state index contributed by atoms with van der Waals surface area (Å²) in [6, 6.07) is 5.65. The van der Waals surface area contributed by atoms with Gasteiger partial charge in [-0.2, -0.15) is 0 Å². The van der Waals surface area contributed by atoms with Crippen LogP contribution in [0.1, 0.15) is 46.6 Å². The molecule has 0 radical (unpaired) electrons. The molecule has 0 unspecified atom stereocenters. The number of nitrogens with zero attached hydrogens (tertiary/aromatic N) is 1. The van der Waals surface area contributed by atoms with Gasteiger partial charge in [0, 0.05) is 5.56 Å². The van der Waals surface area contributed by atoms with E-state index in [4.69, 9.17) is 10.3 Å². The van der Waals surface area contributed by atoms with Crippen molar-refractivity contribution in [2.45, 2.75) is 46.5 Å². The minimum atomic E-state index is -0.00732. The molecule has 4 nitrogen and oxygen atoms in total. The Kier molecular flexibility index (Phi) is 3.74. The molecule has 0 amide bonds. The second kappa shape index (κ2) is 5.10. The van der Waals surface area contributed by atoms with E-state index < -0.39 is 0 Å². The monoisotopic (exact) mass is 288 g/mol. The fraction of sp³-hybridized carbons (Fsp3) is 0.471. The molecule has 1 heterocycles. The molecule has 0 saturated heterocycles. The Labute approximate surface area is 126 Å². The van der Waals surface area contributed by atoms with Crippen LogP contribution in [0.2, 0.25) is 0 Å². The maximum Gasteiger partial charge on any atom is 0.230 e. The largest absolute Gasteiger partial charge is 0.507 e. The molecule has 0 aliphatic carbocycles. The van der Waals surface area contributed by atoms with Crippen LogP contribution in [-0.4, -0.2) is 10.3 Å². The Morgan fingerprint density at radius 3 is 2.33 bits per heavy atom. The van der Waals surface area contributed by atoms with Gasteiger partial charge in [-0.15, -0.1) is 0 Å². The molecule has 0 bridgehead atoms. The van der Waals surface area contributed by atoms with Crippen LogP contribution < -0.4 is 5.73 Å². The zero-order chi connectivity index (χ0) is 15.8. The number of nitrogen functional groups attached to an aromatic ring is 1. The number of benzene rings is 1. The van der Waals surface area contributed by atoms with Crippen LogP contribution in [0.3, 0.4) is 0 Å². The standard InChI is InChI=1S/C17H24N2O2/c1-16(2,3)10-17(4,5)11-6-7-14(20)12(8-11)13-9-19-21-15(13)18/h6-9,20H,10,18H2,1-5H3. The number of aromatic hydroxyl groups is 1. The summed E-state index contributed by atoms with van der Waals surface area (Å²) in [6.07, 6.45) is 2.56. The van der Waals surface area contributed by atoms with E-state index in [-0.39, 0.29) is 22.5 Å². The highest BCUT2D eigenvalue weighted by atomic mass is 16.5. The van der Waals surface area contributed by atoms with E-state index in [1.54, 1.807) is 6.07 Å². The first-order valence-electron chi connectivity index (χ1n) is 7.14. The molecule has 114 valence electrons.